The number of carboxylic acids is 1. The Bertz CT molecular complexity index is 1050. The molecule has 1 aliphatic rings. The molecule has 0 radical (unpaired) electrons. The van der Waals surface area contributed by atoms with Crippen molar-refractivity contribution >= 4 is 28.3 Å². The third-order valence-corrected chi connectivity index (χ3v) is 5.26. The Balaban J connectivity index is 2.19. The molecule has 0 saturated heterocycles. The fourth-order valence-electron chi connectivity index (χ4n) is 3.91. The Labute approximate surface area is 154 Å². The Kier molecular flexibility index (Phi) is 4.24. The van der Waals surface area contributed by atoms with E-state index in [1.807, 2.05) is 0 Å². The lowest BCUT2D eigenvalue weighted by Crippen LogP contribution is -2.30. The third-order valence-electron chi connectivity index (χ3n) is 5.02. The van der Waals surface area contributed by atoms with Crippen molar-refractivity contribution in [2.75, 3.05) is 0 Å². The Morgan fingerprint density at radius 2 is 1.96 bits per heavy atom. The molecule has 1 aliphatic carbocycles. The molecule has 0 bridgehead atoms. The highest BCUT2D eigenvalue weighted by atomic mass is 35.5. The minimum Gasteiger partial charge on any atom is -0.477 e. The molecular formula is C20H17ClN2O3. The van der Waals surface area contributed by atoms with Crippen molar-refractivity contribution < 1.29 is 9.90 Å². The topological polar surface area (TPSA) is 72.2 Å². The molecule has 0 unspecified atom stereocenters. The van der Waals surface area contributed by atoms with Crippen molar-refractivity contribution in [2.24, 2.45) is 0 Å². The van der Waals surface area contributed by atoms with Gasteiger partial charge in [-0.25, -0.2) is 4.79 Å². The summed E-state index contributed by atoms with van der Waals surface area (Å²) in [6.45, 7) is 0. The molecule has 3 aromatic rings. The standard InChI is InChI=1S/C20H17ClN2O3/c21-13-7-8-15-16(10-13)17(12-4-3-9-22-11-12)18(20(25)26)23(19(15)24)14-5-1-2-6-14/h3-4,7-11,14H,1-2,5-6H2,(H,25,26). The second-order valence-electron chi connectivity index (χ2n) is 6.57. The zero-order valence-electron chi connectivity index (χ0n) is 14.0. The summed E-state index contributed by atoms with van der Waals surface area (Å²) in [6.07, 6.45) is 6.86. The summed E-state index contributed by atoms with van der Waals surface area (Å²) < 4.78 is 1.48. The molecule has 2 heterocycles. The molecule has 4 rings (SSSR count). The molecular weight excluding hydrogens is 352 g/mol. The van der Waals surface area contributed by atoms with Crippen LogP contribution in [0.25, 0.3) is 21.9 Å². The van der Waals surface area contributed by atoms with Crippen LogP contribution in [0.5, 0.6) is 0 Å². The first-order valence-electron chi connectivity index (χ1n) is 8.59. The molecule has 1 fully saturated rings. The number of halogens is 1. The van der Waals surface area contributed by atoms with Crippen LogP contribution in [0.3, 0.4) is 0 Å². The largest absolute Gasteiger partial charge is 0.477 e. The van der Waals surface area contributed by atoms with Crippen LogP contribution >= 0.6 is 11.6 Å². The maximum Gasteiger partial charge on any atom is 0.353 e. The number of pyridine rings is 2. The van der Waals surface area contributed by atoms with E-state index in [1.165, 1.54) is 4.57 Å². The van der Waals surface area contributed by atoms with Crippen LogP contribution in [0.1, 0.15) is 42.2 Å². The summed E-state index contributed by atoms with van der Waals surface area (Å²) in [7, 11) is 0. The number of fused-ring (bicyclic) bond motifs is 1. The summed E-state index contributed by atoms with van der Waals surface area (Å²) in [5, 5.41) is 11.5. The maximum atomic E-state index is 13.2. The van der Waals surface area contributed by atoms with Crippen molar-refractivity contribution in [3.05, 3.63) is 63.8 Å². The second-order valence-corrected chi connectivity index (χ2v) is 7.01. The fraction of sp³-hybridized carbons (Fsp3) is 0.250. The predicted octanol–water partition coefficient (Wildman–Crippen LogP) is 4.53. The molecule has 1 saturated carbocycles. The van der Waals surface area contributed by atoms with Gasteiger partial charge < -0.3 is 5.11 Å². The van der Waals surface area contributed by atoms with Gasteiger partial charge in [0.2, 0.25) is 0 Å². The van der Waals surface area contributed by atoms with Gasteiger partial charge in [0.25, 0.3) is 5.56 Å². The smallest absolute Gasteiger partial charge is 0.353 e. The van der Waals surface area contributed by atoms with Crippen molar-refractivity contribution in [1.82, 2.24) is 9.55 Å². The first kappa shape index (κ1) is 16.8. The lowest BCUT2D eigenvalue weighted by Gasteiger charge is -2.21. The fourth-order valence-corrected chi connectivity index (χ4v) is 4.08. The number of aromatic nitrogens is 2. The first-order valence-corrected chi connectivity index (χ1v) is 8.97. The molecule has 0 aliphatic heterocycles. The van der Waals surface area contributed by atoms with E-state index in [-0.39, 0.29) is 17.3 Å². The molecule has 1 aromatic carbocycles. The highest BCUT2D eigenvalue weighted by Gasteiger charge is 2.28. The van der Waals surface area contributed by atoms with Crippen LogP contribution in [-0.4, -0.2) is 20.6 Å². The van der Waals surface area contributed by atoms with Gasteiger partial charge in [0.1, 0.15) is 5.69 Å². The van der Waals surface area contributed by atoms with Gasteiger partial charge in [-0.1, -0.05) is 30.5 Å². The van der Waals surface area contributed by atoms with Crippen LogP contribution in [0, 0.1) is 0 Å². The summed E-state index contributed by atoms with van der Waals surface area (Å²) in [5.41, 5.74) is 0.900. The van der Waals surface area contributed by atoms with Gasteiger partial charge in [-0.2, -0.15) is 0 Å². The molecule has 0 amide bonds. The molecule has 2 aromatic heterocycles. The predicted molar refractivity (Wildman–Crippen MR) is 101 cm³/mol. The van der Waals surface area contributed by atoms with E-state index in [2.05, 4.69) is 4.98 Å². The van der Waals surface area contributed by atoms with E-state index < -0.39 is 5.97 Å². The zero-order valence-corrected chi connectivity index (χ0v) is 14.7. The average molecular weight is 369 g/mol. The van der Waals surface area contributed by atoms with Crippen LogP contribution in [0.15, 0.2) is 47.5 Å². The van der Waals surface area contributed by atoms with Crippen molar-refractivity contribution in [1.29, 1.82) is 0 Å². The second kappa shape index (κ2) is 6.57. The monoisotopic (exact) mass is 368 g/mol. The van der Waals surface area contributed by atoms with E-state index in [1.54, 1.807) is 42.7 Å². The number of carboxylic acid groups (broad SMARTS) is 1. The summed E-state index contributed by atoms with van der Waals surface area (Å²) >= 11 is 6.16. The normalized spacial score (nSPS) is 14.8. The number of benzene rings is 1. The third kappa shape index (κ3) is 2.69. The molecule has 5 nitrogen and oxygen atoms in total. The summed E-state index contributed by atoms with van der Waals surface area (Å²) in [6, 6.07) is 8.46. The molecule has 132 valence electrons. The number of hydrogen-bond donors (Lipinski definition) is 1. The number of rotatable bonds is 3. The van der Waals surface area contributed by atoms with Crippen molar-refractivity contribution in [3.63, 3.8) is 0 Å². The van der Waals surface area contributed by atoms with Crippen LogP contribution in [-0.2, 0) is 0 Å². The van der Waals surface area contributed by atoms with E-state index in [4.69, 9.17) is 11.6 Å². The van der Waals surface area contributed by atoms with E-state index in [0.717, 1.165) is 25.7 Å². The van der Waals surface area contributed by atoms with Crippen molar-refractivity contribution in [2.45, 2.75) is 31.7 Å². The van der Waals surface area contributed by atoms with E-state index in [0.29, 0.717) is 26.9 Å². The molecule has 1 N–H and O–H groups in total. The number of nitrogens with zero attached hydrogens (tertiary/aromatic N) is 2. The molecule has 26 heavy (non-hydrogen) atoms. The van der Waals surface area contributed by atoms with Gasteiger partial charge in [0.05, 0.1) is 0 Å². The lowest BCUT2D eigenvalue weighted by molar-refractivity contribution is 0.0682. The van der Waals surface area contributed by atoms with Gasteiger partial charge in [-0.3, -0.25) is 14.3 Å². The highest BCUT2D eigenvalue weighted by Crippen LogP contribution is 2.36. The first-order chi connectivity index (χ1) is 12.6. The van der Waals surface area contributed by atoms with Gasteiger partial charge in [0.15, 0.2) is 0 Å². The SMILES string of the molecule is O=C(O)c1c(-c2cccnc2)c2cc(Cl)ccc2c(=O)n1C1CCCC1. The van der Waals surface area contributed by atoms with Crippen LogP contribution < -0.4 is 5.56 Å². The van der Waals surface area contributed by atoms with Gasteiger partial charge in [-0.05, 0) is 42.5 Å². The molecule has 0 spiro atoms. The van der Waals surface area contributed by atoms with E-state index >= 15 is 0 Å². The summed E-state index contributed by atoms with van der Waals surface area (Å²) in [4.78, 5) is 29.5. The van der Waals surface area contributed by atoms with Crippen molar-refractivity contribution in [3.8, 4) is 11.1 Å². The minimum atomic E-state index is -1.12. The van der Waals surface area contributed by atoms with Crippen LogP contribution in [0.2, 0.25) is 5.02 Å². The summed E-state index contributed by atoms with van der Waals surface area (Å²) in [5.74, 6) is -1.12. The highest BCUT2D eigenvalue weighted by molar-refractivity contribution is 6.31. The number of aromatic carboxylic acids is 1. The minimum absolute atomic E-state index is 0.0182. The van der Waals surface area contributed by atoms with Gasteiger partial charge >= 0.3 is 5.97 Å². The van der Waals surface area contributed by atoms with E-state index in [9.17, 15) is 14.7 Å². The lowest BCUT2D eigenvalue weighted by atomic mass is 9.97. The Hall–Kier alpha value is -2.66. The average Bonchev–Trinajstić information content (AvgIpc) is 3.16. The Morgan fingerprint density at radius 3 is 2.62 bits per heavy atom. The zero-order chi connectivity index (χ0) is 18.3. The van der Waals surface area contributed by atoms with Gasteiger partial charge in [0, 0.05) is 40.0 Å². The quantitative estimate of drug-likeness (QED) is 0.737. The van der Waals surface area contributed by atoms with Crippen LogP contribution in [0.4, 0.5) is 0 Å². The molecule has 6 heteroatoms. The molecule has 0 atom stereocenters. The number of carbonyl (C=O) groups is 1. The maximum absolute atomic E-state index is 13.2. The van der Waals surface area contributed by atoms with Gasteiger partial charge in [-0.15, -0.1) is 0 Å². The number of hydrogen-bond acceptors (Lipinski definition) is 3. The Morgan fingerprint density at radius 1 is 1.19 bits per heavy atom.